The highest BCUT2D eigenvalue weighted by Gasteiger charge is 2.35. The first-order valence-electron chi connectivity index (χ1n) is 6.70. The number of halogens is 1. The lowest BCUT2D eigenvalue weighted by Gasteiger charge is -2.26. The van der Waals surface area contributed by atoms with Crippen LogP contribution in [0.4, 0.5) is 0 Å². The molecule has 20 heavy (non-hydrogen) atoms. The quantitative estimate of drug-likeness (QED) is 0.830. The minimum absolute atomic E-state index is 0.00324. The molecule has 0 spiro atoms. The van der Waals surface area contributed by atoms with Gasteiger partial charge in [0.15, 0.2) is 0 Å². The molecule has 108 valence electrons. The van der Waals surface area contributed by atoms with Crippen LogP contribution in [0.1, 0.15) is 28.8 Å². The fraction of sp³-hybridized carbons (Fsp3) is 0.467. The average Bonchev–Trinajstić information content (AvgIpc) is 2.89. The van der Waals surface area contributed by atoms with Gasteiger partial charge in [-0.25, -0.2) is 0 Å². The van der Waals surface area contributed by atoms with E-state index >= 15 is 0 Å². The number of nitrogens with zero attached hydrogens (tertiary/aromatic N) is 2. The first-order chi connectivity index (χ1) is 9.43. The van der Waals surface area contributed by atoms with E-state index in [2.05, 4.69) is 15.9 Å². The van der Waals surface area contributed by atoms with Crippen LogP contribution < -0.4 is 0 Å². The minimum atomic E-state index is -0.323. The van der Waals surface area contributed by atoms with Crippen LogP contribution in [0.25, 0.3) is 0 Å². The van der Waals surface area contributed by atoms with E-state index in [1.807, 2.05) is 25.1 Å². The van der Waals surface area contributed by atoms with Gasteiger partial charge in [-0.1, -0.05) is 22.0 Å². The number of benzene rings is 1. The maximum absolute atomic E-state index is 12.7. The van der Waals surface area contributed by atoms with E-state index in [1.165, 1.54) is 0 Å². The summed E-state index contributed by atoms with van der Waals surface area (Å²) in [5, 5.41) is 0. The maximum atomic E-state index is 12.7. The molecule has 0 saturated carbocycles. The molecule has 0 bridgehead atoms. The van der Waals surface area contributed by atoms with Crippen LogP contribution in [-0.2, 0) is 4.79 Å². The number of hydrogen-bond acceptors (Lipinski definition) is 2. The van der Waals surface area contributed by atoms with E-state index in [-0.39, 0.29) is 17.9 Å². The standard InChI is InChI=1S/C15H19BrN2O2/c1-10-11(6-4-7-12(10)16)14(19)18-9-5-8-13(18)15(20)17(2)3/h4,6-7,13H,5,8-9H2,1-3H3. The van der Waals surface area contributed by atoms with Crippen LogP contribution in [0.2, 0.25) is 0 Å². The number of amides is 2. The van der Waals surface area contributed by atoms with Crippen LogP contribution in [0.5, 0.6) is 0 Å². The van der Waals surface area contributed by atoms with Gasteiger partial charge in [0.2, 0.25) is 5.91 Å². The normalized spacial score (nSPS) is 18.2. The second-order valence-electron chi connectivity index (χ2n) is 5.30. The molecular weight excluding hydrogens is 320 g/mol. The summed E-state index contributed by atoms with van der Waals surface area (Å²) in [6, 6.07) is 5.26. The van der Waals surface area contributed by atoms with Gasteiger partial charge in [-0.2, -0.15) is 0 Å². The number of carbonyl (C=O) groups excluding carboxylic acids is 2. The molecule has 0 radical (unpaired) electrons. The Bertz CT molecular complexity index is 543. The third-order valence-corrected chi connectivity index (χ3v) is 4.60. The Balaban J connectivity index is 2.28. The van der Waals surface area contributed by atoms with Crippen molar-refractivity contribution >= 4 is 27.7 Å². The maximum Gasteiger partial charge on any atom is 0.254 e. The van der Waals surface area contributed by atoms with E-state index in [9.17, 15) is 9.59 Å². The van der Waals surface area contributed by atoms with Gasteiger partial charge < -0.3 is 9.80 Å². The van der Waals surface area contributed by atoms with Crippen molar-refractivity contribution in [3.8, 4) is 0 Å². The molecule has 2 rings (SSSR count). The minimum Gasteiger partial charge on any atom is -0.347 e. The molecule has 4 nitrogen and oxygen atoms in total. The number of likely N-dealkylation sites (N-methyl/N-ethyl adjacent to an activating group) is 1. The molecule has 1 aliphatic rings. The van der Waals surface area contributed by atoms with E-state index in [0.717, 1.165) is 22.9 Å². The molecule has 1 heterocycles. The molecule has 0 aliphatic carbocycles. The zero-order chi connectivity index (χ0) is 14.9. The number of rotatable bonds is 2. The summed E-state index contributed by atoms with van der Waals surface area (Å²) >= 11 is 3.44. The van der Waals surface area contributed by atoms with E-state index in [1.54, 1.807) is 23.9 Å². The highest BCUT2D eigenvalue weighted by Crippen LogP contribution is 2.25. The van der Waals surface area contributed by atoms with E-state index in [0.29, 0.717) is 12.1 Å². The Hall–Kier alpha value is -1.36. The molecule has 1 fully saturated rings. The van der Waals surface area contributed by atoms with Crippen LogP contribution in [-0.4, -0.2) is 48.3 Å². The third kappa shape index (κ3) is 2.73. The van der Waals surface area contributed by atoms with Crippen molar-refractivity contribution in [3.63, 3.8) is 0 Å². The van der Waals surface area contributed by atoms with Crippen LogP contribution in [0.3, 0.4) is 0 Å². The molecule has 1 unspecified atom stereocenters. The predicted molar refractivity (Wildman–Crippen MR) is 81.6 cm³/mol. The number of hydrogen-bond donors (Lipinski definition) is 0. The second kappa shape index (κ2) is 5.95. The summed E-state index contributed by atoms with van der Waals surface area (Å²) in [5.41, 5.74) is 1.58. The SMILES string of the molecule is Cc1c(Br)cccc1C(=O)N1CCCC1C(=O)N(C)C. The zero-order valence-corrected chi connectivity index (χ0v) is 13.6. The monoisotopic (exact) mass is 338 g/mol. The molecule has 0 N–H and O–H groups in total. The summed E-state index contributed by atoms with van der Waals surface area (Å²) < 4.78 is 0.915. The van der Waals surface area contributed by atoms with Crippen molar-refractivity contribution in [2.75, 3.05) is 20.6 Å². The smallest absolute Gasteiger partial charge is 0.254 e. The Morgan fingerprint density at radius 3 is 2.70 bits per heavy atom. The molecule has 1 aliphatic heterocycles. The lowest BCUT2D eigenvalue weighted by molar-refractivity contribution is -0.132. The first-order valence-corrected chi connectivity index (χ1v) is 7.50. The van der Waals surface area contributed by atoms with Gasteiger partial charge in [0.1, 0.15) is 6.04 Å². The largest absolute Gasteiger partial charge is 0.347 e. The number of carbonyl (C=O) groups is 2. The summed E-state index contributed by atoms with van der Waals surface area (Å²) in [4.78, 5) is 28.1. The summed E-state index contributed by atoms with van der Waals surface area (Å²) in [7, 11) is 3.46. The molecular formula is C15H19BrN2O2. The first kappa shape index (κ1) is 15.0. The van der Waals surface area contributed by atoms with Crippen molar-refractivity contribution in [2.24, 2.45) is 0 Å². The molecule has 1 aromatic carbocycles. The van der Waals surface area contributed by atoms with Gasteiger partial charge in [-0.05, 0) is 37.5 Å². The van der Waals surface area contributed by atoms with Crippen LogP contribution in [0, 0.1) is 6.92 Å². The molecule has 0 aromatic heterocycles. The topological polar surface area (TPSA) is 40.6 Å². The Morgan fingerprint density at radius 2 is 2.05 bits per heavy atom. The van der Waals surface area contributed by atoms with Gasteiger partial charge in [-0.3, -0.25) is 9.59 Å². The fourth-order valence-electron chi connectivity index (χ4n) is 2.56. The average molecular weight is 339 g/mol. The summed E-state index contributed by atoms with van der Waals surface area (Å²) in [5.74, 6) is -0.0509. The Morgan fingerprint density at radius 1 is 1.35 bits per heavy atom. The number of likely N-dealkylation sites (tertiary alicyclic amines) is 1. The third-order valence-electron chi connectivity index (χ3n) is 3.74. The molecule has 1 saturated heterocycles. The van der Waals surface area contributed by atoms with Gasteiger partial charge in [0.25, 0.3) is 5.91 Å². The zero-order valence-electron chi connectivity index (χ0n) is 12.0. The van der Waals surface area contributed by atoms with Crippen molar-refractivity contribution in [2.45, 2.75) is 25.8 Å². The van der Waals surface area contributed by atoms with E-state index < -0.39 is 0 Å². The van der Waals surface area contributed by atoms with Gasteiger partial charge in [-0.15, -0.1) is 0 Å². The molecule has 2 amide bonds. The van der Waals surface area contributed by atoms with Crippen molar-refractivity contribution in [1.82, 2.24) is 9.80 Å². The second-order valence-corrected chi connectivity index (χ2v) is 6.16. The molecule has 5 heteroatoms. The van der Waals surface area contributed by atoms with Crippen molar-refractivity contribution in [1.29, 1.82) is 0 Å². The summed E-state index contributed by atoms with van der Waals surface area (Å²) in [6.45, 7) is 2.56. The fourth-order valence-corrected chi connectivity index (χ4v) is 2.92. The van der Waals surface area contributed by atoms with Gasteiger partial charge in [0.05, 0.1) is 0 Å². The molecule has 1 aromatic rings. The Kier molecular flexibility index (Phi) is 4.48. The predicted octanol–water partition coefficient (Wildman–Crippen LogP) is 2.45. The Labute approximate surface area is 127 Å². The van der Waals surface area contributed by atoms with Crippen LogP contribution in [0.15, 0.2) is 22.7 Å². The van der Waals surface area contributed by atoms with Gasteiger partial charge >= 0.3 is 0 Å². The van der Waals surface area contributed by atoms with Crippen molar-refractivity contribution < 1.29 is 9.59 Å². The summed E-state index contributed by atoms with van der Waals surface area (Å²) in [6.07, 6.45) is 1.62. The lowest BCUT2D eigenvalue weighted by Crippen LogP contribution is -2.45. The van der Waals surface area contributed by atoms with Gasteiger partial charge in [0, 0.05) is 30.7 Å². The lowest BCUT2D eigenvalue weighted by atomic mass is 10.1. The van der Waals surface area contributed by atoms with E-state index in [4.69, 9.17) is 0 Å². The highest BCUT2D eigenvalue weighted by atomic mass is 79.9. The molecule has 1 atom stereocenters. The van der Waals surface area contributed by atoms with Crippen LogP contribution >= 0.6 is 15.9 Å². The van der Waals surface area contributed by atoms with Crippen molar-refractivity contribution in [3.05, 3.63) is 33.8 Å². The highest BCUT2D eigenvalue weighted by molar-refractivity contribution is 9.10.